The number of hydrogen-bond acceptors (Lipinski definition) is 2. The van der Waals surface area contributed by atoms with Crippen molar-refractivity contribution >= 4 is 59.3 Å². The molecule has 0 saturated heterocycles. The summed E-state index contributed by atoms with van der Waals surface area (Å²) in [7, 11) is 0. The molecular formula is C49H35NS. The van der Waals surface area contributed by atoms with E-state index in [1.807, 2.05) is 11.3 Å². The van der Waals surface area contributed by atoms with Crippen molar-refractivity contribution < 1.29 is 0 Å². The quantitative estimate of drug-likeness (QED) is 0.176. The van der Waals surface area contributed by atoms with Gasteiger partial charge in [-0.05, 0) is 104 Å². The van der Waals surface area contributed by atoms with E-state index in [1.54, 1.807) is 0 Å². The van der Waals surface area contributed by atoms with Crippen molar-refractivity contribution in [1.29, 1.82) is 0 Å². The van der Waals surface area contributed by atoms with Gasteiger partial charge < -0.3 is 4.90 Å². The number of nitrogens with zero attached hydrogens (tertiary/aromatic N) is 1. The summed E-state index contributed by atoms with van der Waals surface area (Å²) in [6.45, 7) is 4.71. The zero-order valence-electron chi connectivity index (χ0n) is 28.6. The van der Waals surface area contributed by atoms with Gasteiger partial charge in [-0.15, -0.1) is 11.3 Å². The van der Waals surface area contributed by atoms with Crippen LogP contribution in [-0.4, -0.2) is 0 Å². The van der Waals surface area contributed by atoms with Crippen LogP contribution in [0.15, 0.2) is 176 Å². The minimum absolute atomic E-state index is 0.0830. The Morgan fingerprint density at radius 3 is 1.84 bits per heavy atom. The third kappa shape index (κ3) is 4.82. The van der Waals surface area contributed by atoms with Crippen LogP contribution in [0.4, 0.5) is 17.1 Å². The van der Waals surface area contributed by atoms with Crippen molar-refractivity contribution in [3.05, 3.63) is 187 Å². The second kappa shape index (κ2) is 11.6. The zero-order chi connectivity index (χ0) is 34.1. The first-order valence-corrected chi connectivity index (χ1v) is 18.5. The van der Waals surface area contributed by atoms with Gasteiger partial charge in [0.25, 0.3) is 0 Å². The molecule has 1 heterocycles. The lowest BCUT2D eigenvalue weighted by Crippen LogP contribution is -2.16. The van der Waals surface area contributed by atoms with E-state index in [-0.39, 0.29) is 5.41 Å². The topological polar surface area (TPSA) is 3.24 Å². The molecule has 0 atom stereocenters. The lowest BCUT2D eigenvalue weighted by molar-refractivity contribution is 0.660. The second-order valence-corrected chi connectivity index (χ2v) is 15.2. The van der Waals surface area contributed by atoms with E-state index in [9.17, 15) is 0 Å². The van der Waals surface area contributed by atoms with Gasteiger partial charge >= 0.3 is 0 Å². The van der Waals surface area contributed by atoms with Gasteiger partial charge in [-0.25, -0.2) is 0 Å². The molecule has 1 aliphatic carbocycles. The van der Waals surface area contributed by atoms with Crippen LogP contribution in [-0.2, 0) is 5.41 Å². The molecule has 1 aromatic heterocycles. The first-order chi connectivity index (χ1) is 25.0. The van der Waals surface area contributed by atoms with E-state index in [2.05, 4.69) is 195 Å². The lowest BCUT2D eigenvalue weighted by atomic mass is 9.82. The minimum atomic E-state index is -0.0830. The summed E-state index contributed by atoms with van der Waals surface area (Å²) in [5, 5.41) is 5.18. The molecule has 1 aliphatic rings. The van der Waals surface area contributed by atoms with Crippen LogP contribution in [0.2, 0.25) is 0 Å². The SMILES string of the molecule is CC1(C)c2ccccc2-c2ccc(N(c3ccc(-c4ccc5ccccc5c4)cc3)c3ccc(-c4cccc5c4sc4ccccc45)cc3)cc21. The summed E-state index contributed by atoms with van der Waals surface area (Å²) in [6, 6.07) is 64.8. The van der Waals surface area contributed by atoms with Crippen LogP contribution in [0.5, 0.6) is 0 Å². The predicted molar refractivity (Wildman–Crippen MR) is 220 cm³/mol. The van der Waals surface area contributed by atoms with E-state index in [4.69, 9.17) is 0 Å². The Kier molecular flexibility index (Phi) is 6.78. The summed E-state index contributed by atoms with van der Waals surface area (Å²) >= 11 is 1.88. The van der Waals surface area contributed by atoms with E-state index in [1.165, 1.54) is 75.5 Å². The van der Waals surface area contributed by atoms with Gasteiger partial charge in [0.2, 0.25) is 0 Å². The highest BCUT2D eigenvalue weighted by Crippen LogP contribution is 2.51. The molecule has 1 nitrogen and oxygen atoms in total. The van der Waals surface area contributed by atoms with Gasteiger partial charge in [0.05, 0.1) is 0 Å². The first kappa shape index (κ1) is 29.9. The molecule has 0 aliphatic heterocycles. The molecule has 0 N–H and O–H groups in total. The fourth-order valence-electron chi connectivity index (χ4n) is 8.21. The highest BCUT2D eigenvalue weighted by molar-refractivity contribution is 7.26. The average molecular weight is 670 g/mol. The number of thiophene rings is 1. The minimum Gasteiger partial charge on any atom is -0.310 e. The van der Waals surface area contributed by atoms with Gasteiger partial charge in [-0.2, -0.15) is 0 Å². The van der Waals surface area contributed by atoms with Gasteiger partial charge in [-0.1, -0.05) is 141 Å². The molecule has 0 saturated carbocycles. The summed E-state index contributed by atoms with van der Waals surface area (Å²) in [4.78, 5) is 2.41. The summed E-state index contributed by atoms with van der Waals surface area (Å²) in [5.74, 6) is 0. The third-order valence-corrected chi connectivity index (χ3v) is 12.1. The van der Waals surface area contributed by atoms with Crippen LogP contribution >= 0.6 is 11.3 Å². The standard InChI is InChI=1S/C49H35NS/c1-49(2)45-16-7-5-12-41(45)42-29-28-39(31-46(42)49)50(37-24-20-33(21-25-37)36-19-18-32-10-3-4-11-35(32)30-36)38-26-22-34(23-27-38)40-14-9-15-44-43-13-6-8-17-47(43)51-48(40)44/h3-31H,1-2H3. The molecule has 0 amide bonds. The van der Waals surface area contributed by atoms with E-state index in [0.717, 1.165) is 17.1 Å². The molecule has 0 spiro atoms. The first-order valence-electron chi connectivity index (χ1n) is 17.7. The number of anilines is 3. The molecule has 2 heteroatoms. The maximum Gasteiger partial charge on any atom is 0.0465 e. The number of fused-ring (bicyclic) bond motifs is 7. The van der Waals surface area contributed by atoms with Crippen molar-refractivity contribution in [2.24, 2.45) is 0 Å². The van der Waals surface area contributed by atoms with Crippen molar-refractivity contribution in [2.45, 2.75) is 19.3 Å². The Morgan fingerprint density at radius 2 is 1.02 bits per heavy atom. The normalized spacial score (nSPS) is 13.1. The highest BCUT2D eigenvalue weighted by atomic mass is 32.1. The maximum atomic E-state index is 2.42. The molecule has 8 aromatic carbocycles. The second-order valence-electron chi connectivity index (χ2n) is 14.2. The number of benzene rings is 8. The van der Waals surface area contributed by atoms with Crippen LogP contribution in [0.1, 0.15) is 25.0 Å². The summed E-state index contributed by atoms with van der Waals surface area (Å²) < 4.78 is 2.67. The summed E-state index contributed by atoms with van der Waals surface area (Å²) in [5.41, 5.74) is 13.7. The highest BCUT2D eigenvalue weighted by Gasteiger charge is 2.35. The Hall–Kier alpha value is -5.96. The van der Waals surface area contributed by atoms with E-state index < -0.39 is 0 Å². The van der Waals surface area contributed by atoms with Crippen molar-refractivity contribution in [2.75, 3.05) is 4.90 Å². The van der Waals surface area contributed by atoms with E-state index in [0.29, 0.717) is 0 Å². The van der Waals surface area contributed by atoms with Gasteiger partial charge in [0.15, 0.2) is 0 Å². The molecule has 10 rings (SSSR count). The molecule has 0 bridgehead atoms. The molecule has 0 unspecified atom stereocenters. The largest absolute Gasteiger partial charge is 0.310 e. The van der Waals surface area contributed by atoms with Gasteiger partial charge in [-0.3, -0.25) is 0 Å². The Bertz CT molecular complexity index is 2770. The van der Waals surface area contributed by atoms with Crippen molar-refractivity contribution in [3.63, 3.8) is 0 Å². The maximum absolute atomic E-state index is 2.42. The van der Waals surface area contributed by atoms with Crippen LogP contribution in [0.25, 0.3) is 64.3 Å². The van der Waals surface area contributed by atoms with Crippen molar-refractivity contribution in [1.82, 2.24) is 0 Å². The van der Waals surface area contributed by atoms with Crippen molar-refractivity contribution in [3.8, 4) is 33.4 Å². The van der Waals surface area contributed by atoms with Crippen LogP contribution < -0.4 is 4.90 Å². The van der Waals surface area contributed by atoms with Crippen LogP contribution in [0.3, 0.4) is 0 Å². The van der Waals surface area contributed by atoms with Gasteiger partial charge in [0, 0.05) is 42.6 Å². The number of hydrogen-bond donors (Lipinski definition) is 0. The Morgan fingerprint density at radius 1 is 0.412 bits per heavy atom. The molecule has 51 heavy (non-hydrogen) atoms. The molecule has 9 aromatic rings. The molecule has 242 valence electrons. The number of rotatable bonds is 5. The Balaban J connectivity index is 1.08. The van der Waals surface area contributed by atoms with Gasteiger partial charge in [0.1, 0.15) is 0 Å². The van der Waals surface area contributed by atoms with E-state index >= 15 is 0 Å². The smallest absolute Gasteiger partial charge is 0.0465 e. The third-order valence-electron chi connectivity index (χ3n) is 10.9. The molecular weight excluding hydrogens is 635 g/mol. The lowest BCUT2D eigenvalue weighted by Gasteiger charge is -2.28. The Labute approximate surface area is 302 Å². The monoisotopic (exact) mass is 669 g/mol. The zero-order valence-corrected chi connectivity index (χ0v) is 29.4. The predicted octanol–water partition coefficient (Wildman–Crippen LogP) is 14.3. The molecule has 0 radical (unpaired) electrons. The fraction of sp³-hybridized carbons (Fsp3) is 0.0612. The average Bonchev–Trinajstić information content (AvgIpc) is 3.67. The fourth-order valence-corrected chi connectivity index (χ4v) is 9.45. The molecule has 0 fully saturated rings. The van der Waals surface area contributed by atoms with Crippen LogP contribution in [0, 0.1) is 0 Å². The summed E-state index contributed by atoms with van der Waals surface area (Å²) in [6.07, 6.45) is 0.